The monoisotopic (exact) mass is 284 g/mol. The summed E-state index contributed by atoms with van der Waals surface area (Å²) in [6.45, 7) is 2.99. The summed E-state index contributed by atoms with van der Waals surface area (Å²) >= 11 is 0. The molecule has 0 saturated heterocycles. The second-order valence-electron chi connectivity index (χ2n) is 6.30. The lowest BCUT2D eigenvalue weighted by molar-refractivity contribution is 0.429. The maximum Gasteiger partial charge on any atom is -0.0147 e. The average Bonchev–Trinajstić information content (AvgIpc) is 2.43. The molecule has 0 rings (SSSR count). The van der Waals surface area contributed by atoms with Gasteiger partial charge in [0.15, 0.2) is 0 Å². The minimum absolute atomic E-state index is 0.707. The third-order valence-electron chi connectivity index (χ3n) is 4.08. The molecule has 0 spiro atoms. The van der Waals surface area contributed by atoms with Gasteiger partial charge in [-0.05, 0) is 20.0 Å². The number of hydrogen-bond donors (Lipinski definition) is 0. The molecule has 0 heterocycles. The highest BCUT2D eigenvalue weighted by atomic mass is 16.5. The van der Waals surface area contributed by atoms with Crippen molar-refractivity contribution in [3.05, 3.63) is 5.21 Å². The molecular formula is C18H38NO-. The van der Waals surface area contributed by atoms with Crippen LogP contribution in [0.15, 0.2) is 0 Å². The topological polar surface area (TPSA) is 26.3 Å². The normalized spacial score (nSPS) is 11.4. The van der Waals surface area contributed by atoms with Crippen LogP contribution in [0.2, 0.25) is 0 Å². The van der Waals surface area contributed by atoms with Crippen molar-refractivity contribution in [2.45, 2.75) is 103 Å². The molecular weight excluding hydrogens is 246 g/mol. The smallest absolute Gasteiger partial charge is 0.0147 e. The summed E-state index contributed by atoms with van der Waals surface area (Å²) in [6, 6.07) is 0. The van der Waals surface area contributed by atoms with Crippen LogP contribution < -0.4 is 0 Å². The van der Waals surface area contributed by atoms with E-state index in [2.05, 4.69) is 6.92 Å². The van der Waals surface area contributed by atoms with Crippen LogP contribution in [-0.4, -0.2) is 18.7 Å². The average molecular weight is 285 g/mol. The van der Waals surface area contributed by atoms with Crippen molar-refractivity contribution >= 4 is 0 Å². The Bertz CT molecular complexity index is 171. The Labute approximate surface area is 127 Å². The largest absolute Gasteiger partial charge is 0.785 e. The first-order valence-corrected chi connectivity index (χ1v) is 9.15. The van der Waals surface area contributed by atoms with Gasteiger partial charge in [-0.1, -0.05) is 96.8 Å². The predicted octanol–water partition coefficient (Wildman–Crippen LogP) is 6.29. The van der Waals surface area contributed by atoms with Crippen LogP contribution in [0.1, 0.15) is 103 Å². The first-order chi connectivity index (χ1) is 9.77. The summed E-state index contributed by atoms with van der Waals surface area (Å²) in [5, 5.41) is 11.7. The van der Waals surface area contributed by atoms with E-state index in [1.807, 2.05) is 0 Å². The maximum atomic E-state index is 10.7. The molecule has 0 aromatic carbocycles. The number of hydrogen-bond acceptors (Lipinski definition) is 2. The van der Waals surface area contributed by atoms with Crippen molar-refractivity contribution in [3.63, 3.8) is 0 Å². The van der Waals surface area contributed by atoms with Crippen LogP contribution in [0.3, 0.4) is 0 Å². The minimum Gasteiger partial charge on any atom is -0.785 e. The Morgan fingerprint density at radius 1 is 0.550 bits per heavy atom. The van der Waals surface area contributed by atoms with E-state index in [1.165, 1.54) is 89.9 Å². The van der Waals surface area contributed by atoms with Gasteiger partial charge in [-0.2, -0.15) is 0 Å². The van der Waals surface area contributed by atoms with E-state index in [1.54, 1.807) is 7.05 Å². The Balaban J connectivity index is 2.92. The third-order valence-corrected chi connectivity index (χ3v) is 4.08. The molecule has 0 amide bonds. The van der Waals surface area contributed by atoms with Crippen molar-refractivity contribution < 1.29 is 0 Å². The summed E-state index contributed by atoms with van der Waals surface area (Å²) in [6.07, 6.45) is 20.7. The maximum absolute atomic E-state index is 10.7. The van der Waals surface area contributed by atoms with Crippen LogP contribution in [0.4, 0.5) is 0 Å². The lowest BCUT2D eigenvalue weighted by Crippen LogP contribution is -2.10. The molecule has 0 N–H and O–H groups in total. The van der Waals surface area contributed by atoms with Crippen molar-refractivity contribution in [2.75, 3.05) is 13.6 Å². The van der Waals surface area contributed by atoms with Crippen LogP contribution in [0.25, 0.3) is 0 Å². The van der Waals surface area contributed by atoms with E-state index in [0.717, 1.165) is 11.5 Å². The SMILES string of the molecule is CCCCCCCCCCCCCCCCCN(C)[O-]. The van der Waals surface area contributed by atoms with Crippen LogP contribution >= 0.6 is 0 Å². The molecule has 0 radical (unpaired) electrons. The Morgan fingerprint density at radius 2 is 0.850 bits per heavy atom. The highest BCUT2D eigenvalue weighted by Crippen LogP contribution is 2.13. The van der Waals surface area contributed by atoms with Gasteiger partial charge in [0.1, 0.15) is 0 Å². The van der Waals surface area contributed by atoms with Crippen molar-refractivity contribution in [3.8, 4) is 0 Å². The summed E-state index contributed by atoms with van der Waals surface area (Å²) in [5.41, 5.74) is 0. The number of nitrogens with zero attached hydrogens (tertiary/aromatic N) is 1. The molecule has 0 fully saturated rings. The zero-order valence-electron chi connectivity index (χ0n) is 14.2. The number of hydroxylamine groups is 2. The minimum atomic E-state index is 0.707. The lowest BCUT2D eigenvalue weighted by Gasteiger charge is -2.21. The van der Waals surface area contributed by atoms with Gasteiger partial charge in [0.25, 0.3) is 0 Å². The van der Waals surface area contributed by atoms with E-state index in [-0.39, 0.29) is 0 Å². The Hall–Kier alpha value is -0.0800. The molecule has 122 valence electrons. The molecule has 0 aliphatic heterocycles. The molecule has 0 aliphatic carbocycles. The van der Waals surface area contributed by atoms with Gasteiger partial charge in [-0.3, -0.25) is 0 Å². The number of unbranched alkanes of at least 4 members (excludes halogenated alkanes) is 14. The molecule has 0 aliphatic rings. The predicted molar refractivity (Wildman–Crippen MR) is 90.9 cm³/mol. The van der Waals surface area contributed by atoms with Crippen molar-refractivity contribution in [1.29, 1.82) is 0 Å². The van der Waals surface area contributed by atoms with Crippen LogP contribution in [0, 0.1) is 5.21 Å². The first kappa shape index (κ1) is 19.9. The molecule has 0 aromatic heterocycles. The standard InChI is InChI=1S/C18H38NO/c1-3-4-5-6-7-8-9-10-11-12-13-14-15-16-17-18-19(2)20/h3-18H2,1-2H3/q-1. The Kier molecular flexibility index (Phi) is 16.9. The summed E-state index contributed by atoms with van der Waals surface area (Å²) in [4.78, 5) is 0. The second-order valence-corrected chi connectivity index (χ2v) is 6.30. The molecule has 0 bridgehead atoms. The van der Waals surface area contributed by atoms with E-state index in [9.17, 15) is 5.21 Å². The molecule has 0 atom stereocenters. The molecule has 2 nitrogen and oxygen atoms in total. The highest BCUT2D eigenvalue weighted by molar-refractivity contribution is 4.52. The van der Waals surface area contributed by atoms with Gasteiger partial charge in [0.2, 0.25) is 0 Å². The molecule has 0 saturated carbocycles. The first-order valence-electron chi connectivity index (χ1n) is 9.15. The zero-order chi connectivity index (χ0) is 14.9. The van der Waals surface area contributed by atoms with Crippen molar-refractivity contribution in [1.82, 2.24) is 5.06 Å². The van der Waals surface area contributed by atoms with Gasteiger partial charge in [-0.15, -0.1) is 0 Å². The van der Waals surface area contributed by atoms with E-state index < -0.39 is 0 Å². The van der Waals surface area contributed by atoms with E-state index >= 15 is 0 Å². The van der Waals surface area contributed by atoms with Crippen molar-refractivity contribution in [2.24, 2.45) is 0 Å². The van der Waals surface area contributed by atoms with Gasteiger partial charge >= 0.3 is 0 Å². The summed E-state index contributed by atoms with van der Waals surface area (Å²) in [7, 11) is 1.61. The van der Waals surface area contributed by atoms with Gasteiger partial charge in [-0.25, -0.2) is 0 Å². The van der Waals surface area contributed by atoms with Gasteiger partial charge in [0.05, 0.1) is 0 Å². The van der Waals surface area contributed by atoms with E-state index in [4.69, 9.17) is 0 Å². The molecule has 0 aromatic rings. The number of rotatable bonds is 16. The quantitative estimate of drug-likeness (QED) is 0.246. The van der Waals surface area contributed by atoms with E-state index in [0.29, 0.717) is 6.54 Å². The summed E-state index contributed by atoms with van der Waals surface area (Å²) < 4.78 is 0. The molecule has 20 heavy (non-hydrogen) atoms. The molecule has 2 heteroatoms. The third kappa shape index (κ3) is 17.9. The summed E-state index contributed by atoms with van der Waals surface area (Å²) in [5.74, 6) is 0. The zero-order valence-corrected chi connectivity index (χ0v) is 14.2. The fourth-order valence-electron chi connectivity index (χ4n) is 2.71. The fourth-order valence-corrected chi connectivity index (χ4v) is 2.71. The van der Waals surface area contributed by atoms with Gasteiger partial charge < -0.3 is 10.3 Å². The Morgan fingerprint density at radius 3 is 1.15 bits per heavy atom. The fraction of sp³-hybridized carbons (Fsp3) is 1.00. The second kappa shape index (κ2) is 17.0. The lowest BCUT2D eigenvalue weighted by atomic mass is 10.0. The van der Waals surface area contributed by atoms with Crippen LogP contribution in [0.5, 0.6) is 0 Å². The highest BCUT2D eigenvalue weighted by Gasteiger charge is 1.94. The van der Waals surface area contributed by atoms with Crippen LogP contribution in [-0.2, 0) is 0 Å². The molecule has 0 unspecified atom stereocenters. The van der Waals surface area contributed by atoms with Gasteiger partial charge in [0, 0.05) is 0 Å².